The van der Waals surface area contributed by atoms with Crippen LogP contribution in [0.25, 0.3) is 22.7 Å². The molecule has 2 aromatic heterocycles. The van der Waals surface area contributed by atoms with Gasteiger partial charge in [-0.1, -0.05) is 24.3 Å². The number of halogens is 1. The summed E-state index contributed by atoms with van der Waals surface area (Å²) in [7, 11) is 0. The number of carbonyl (C=O) groups excluding carboxylic acids is 1. The first-order chi connectivity index (χ1) is 13.2. The number of hydrogen-bond acceptors (Lipinski definition) is 4. The molecule has 1 amide bonds. The quantitative estimate of drug-likeness (QED) is 0.583. The van der Waals surface area contributed by atoms with Crippen LogP contribution in [0.2, 0.25) is 0 Å². The van der Waals surface area contributed by atoms with Gasteiger partial charge in [0.2, 0.25) is 5.89 Å². The molecular weight excluding hydrogens is 345 g/mol. The highest BCUT2D eigenvalue weighted by atomic mass is 19.1. The van der Waals surface area contributed by atoms with Crippen molar-refractivity contribution >= 4 is 17.0 Å². The van der Waals surface area contributed by atoms with Gasteiger partial charge >= 0.3 is 0 Å². The first-order valence-electron chi connectivity index (χ1n) is 8.54. The van der Waals surface area contributed by atoms with Crippen LogP contribution < -0.4 is 5.32 Å². The van der Waals surface area contributed by atoms with Gasteiger partial charge in [-0.2, -0.15) is 0 Å². The van der Waals surface area contributed by atoms with Crippen LogP contribution in [-0.2, 0) is 6.42 Å². The van der Waals surface area contributed by atoms with Gasteiger partial charge < -0.3 is 9.73 Å². The lowest BCUT2D eigenvalue weighted by atomic mass is 10.1. The van der Waals surface area contributed by atoms with E-state index >= 15 is 0 Å². The third kappa shape index (κ3) is 3.69. The van der Waals surface area contributed by atoms with Crippen molar-refractivity contribution in [3.8, 4) is 11.6 Å². The van der Waals surface area contributed by atoms with Crippen LogP contribution in [0.3, 0.4) is 0 Å². The molecule has 0 saturated heterocycles. The summed E-state index contributed by atoms with van der Waals surface area (Å²) >= 11 is 0. The molecule has 0 fully saturated rings. The van der Waals surface area contributed by atoms with Crippen molar-refractivity contribution in [2.75, 3.05) is 6.54 Å². The van der Waals surface area contributed by atoms with Crippen LogP contribution >= 0.6 is 0 Å². The highest BCUT2D eigenvalue weighted by molar-refractivity contribution is 5.97. The first-order valence-corrected chi connectivity index (χ1v) is 8.54. The van der Waals surface area contributed by atoms with E-state index in [1.165, 1.54) is 6.07 Å². The predicted molar refractivity (Wildman–Crippen MR) is 99.7 cm³/mol. The van der Waals surface area contributed by atoms with Crippen molar-refractivity contribution in [1.29, 1.82) is 0 Å². The van der Waals surface area contributed by atoms with E-state index in [4.69, 9.17) is 4.42 Å². The van der Waals surface area contributed by atoms with Gasteiger partial charge in [-0.3, -0.25) is 9.78 Å². The summed E-state index contributed by atoms with van der Waals surface area (Å²) in [5.41, 5.74) is 2.84. The lowest BCUT2D eigenvalue weighted by Crippen LogP contribution is -2.25. The van der Waals surface area contributed by atoms with Crippen molar-refractivity contribution in [2.24, 2.45) is 0 Å². The summed E-state index contributed by atoms with van der Waals surface area (Å²) < 4.78 is 19.3. The molecule has 0 unspecified atom stereocenters. The number of benzene rings is 2. The van der Waals surface area contributed by atoms with Crippen LogP contribution in [0.15, 0.2) is 71.3 Å². The zero-order chi connectivity index (χ0) is 18.6. The Balaban J connectivity index is 1.47. The monoisotopic (exact) mass is 361 g/mol. The summed E-state index contributed by atoms with van der Waals surface area (Å²) in [4.78, 5) is 21.0. The second kappa shape index (κ2) is 7.37. The molecule has 0 bridgehead atoms. The minimum Gasteiger partial charge on any atom is -0.435 e. The minimum atomic E-state index is -0.266. The fourth-order valence-electron chi connectivity index (χ4n) is 2.78. The number of nitrogens with zero attached hydrogens (tertiary/aromatic N) is 2. The SMILES string of the molecule is O=C(NCCc1ccccc1F)c1ccc2oc(-c3ccccn3)nc2c1. The van der Waals surface area contributed by atoms with Gasteiger partial charge in [-0.15, -0.1) is 0 Å². The first kappa shape index (κ1) is 16.9. The van der Waals surface area contributed by atoms with E-state index in [0.29, 0.717) is 46.8 Å². The second-order valence-corrected chi connectivity index (χ2v) is 6.01. The number of amides is 1. The smallest absolute Gasteiger partial charge is 0.251 e. The van der Waals surface area contributed by atoms with Gasteiger partial charge in [-0.05, 0) is 48.4 Å². The molecular formula is C21H16FN3O2. The number of carbonyl (C=O) groups is 1. The summed E-state index contributed by atoms with van der Waals surface area (Å²) in [6, 6.07) is 17.1. The fraction of sp³-hybridized carbons (Fsp3) is 0.0952. The molecule has 134 valence electrons. The molecule has 2 heterocycles. The molecule has 2 aromatic carbocycles. The summed E-state index contributed by atoms with van der Waals surface area (Å²) in [6.07, 6.45) is 2.09. The lowest BCUT2D eigenvalue weighted by Gasteiger charge is -2.06. The Hall–Kier alpha value is -3.54. The van der Waals surface area contributed by atoms with Crippen molar-refractivity contribution in [3.63, 3.8) is 0 Å². The normalized spacial score (nSPS) is 10.9. The Bertz CT molecular complexity index is 1090. The number of nitrogens with one attached hydrogen (secondary N) is 1. The maximum atomic E-state index is 13.6. The molecule has 5 nitrogen and oxygen atoms in total. The van der Waals surface area contributed by atoms with Crippen LogP contribution in [0.5, 0.6) is 0 Å². The number of fused-ring (bicyclic) bond motifs is 1. The Morgan fingerprint density at radius 2 is 1.93 bits per heavy atom. The third-order valence-electron chi connectivity index (χ3n) is 4.17. The Morgan fingerprint density at radius 3 is 2.74 bits per heavy atom. The molecule has 0 aliphatic carbocycles. The molecule has 4 aromatic rings. The molecule has 1 N–H and O–H groups in total. The highest BCUT2D eigenvalue weighted by Gasteiger charge is 2.12. The average Bonchev–Trinajstić information content (AvgIpc) is 3.13. The molecule has 27 heavy (non-hydrogen) atoms. The topological polar surface area (TPSA) is 68.0 Å². The number of oxazole rings is 1. The number of aromatic nitrogens is 2. The second-order valence-electron chi connectivity index (χ2n) is 6.01. The van der Waals surface area contributed by atoms with E-state index in [9.17, 15) is 9.18 Å². The Labute approximate surface area is 154 Å². The molecule has 0 radical (unpaired) electrons. The summed E-state index contributed by atoms with van der Waals surface area (Å²) in [5, 5.41) is 2.80. The zero-order valence-electron chi connectivity index (χ0n) is 14.4. The number of rotatable bonds is 5. The van der Waals surface area contributed by atoms with E-state index in [0.717, 1.165) is 0 Å². The van der Waals surface area contributed by atoms with E-state index in [-0.39, 0.29) is 11.7 Å². The predicted octanol–water partition coefficient (Wildman–Crippen LogP) is 4.00. The highest BCUT2D eigenvalue weighted by Crippen LogP contribution is 2.23. The van der Waals surface area contributed by atoms with E-state index in [1.807, 2.05) is 12.1 Å². The van der Waals surface area contributed by atoms with E-state index in [2.05, 4.69) is 15.3 Å². The van der Waals surface area contributed by atoms with Crippen molar-refractivity contribution < 1.29 is 13.6 Å². The molecule has 0 aliphatic heterocycles. The Kier molecular flexibility index (Phi) is 4.61. The maximum absolute atomic E-state index is 13.6. The molecule has 0 spiro atoms. The molecule has 0 aliphatic rings. The number of pyridine rings is 1. The van der Waals surface area contributed by atoms with Gasteiger partial charge in [0.25, 0.3) is 5.91 Å². The van der Waals surface area contributed by atoms with Crippen LogP contribution in [0, 0.1) is 5.82 Å². The summed E-state index contributed by atoms with van der Waals surface area (Å²) in [5.74, 6) is -0.101. The van der Waals surface area contributed by atoms with Gasteiger partial charge in [0.1, 0.15) is 17.0 Å². The fourth-order valence-corrected chi connectivity index (χ4v) is 2.78. The molecule has 6 heteroatoms. The lowest BCUT2D eigenvalue weighted by molar-refractivity contribution is 0.0954. The van der Waals surface area contributed by atoms with Gasteiger partial charge in [0.15, 0.2) is 5.58 Å². The van der Waals surface area contributed by atoms with Gasteiger partial charge in [-0.25, -0.2) is 9.37 Å². The molecule has 4 rings (SSSR count). The maximum Gasteiger partial charge on any atom is 0.251 e. The largest absolute Gasteiger partial charge is 0.435 e. The van der Waals surface area contributed by atoms with Crippen molar-refractivity contribution in [2.45, 2.75) is 6.42 Å². The average molecular weight is 361 g/mol. The van der Waals surface area contributed by atoms with Crippen LogP contribution in [-0.4, -0.2) is 22.4 Å². The van der Waals surface area contributed by atoms with Crippen molar-refractivity contribution in [1.82, 2.24) is 15.3 Å². The van der Waals surface area contributed by atoms with Gasteiger partial charge in [0, 0.05) is 18.3 Å². The van der Waals surface area contributed by atoms with Crippen LogP contribution in [0.4, 0.5) is 4.39 Å². The van der Waals surface area contributed by atoms with E-state index in [1.54, 1.807) is 48.7 Å². The Morgan fingerprint density at radius 1 is 1.07 bits per heavy atom. The molecule has 0 atom stereocenters. The van der Waals surface area contributed by atoms with Gasteiger partial charge in [0.05, 0.1) is 0 Å². The van der Waals surface area contributed by atoms with Crippen LogP contribution in [0.1, 0.15) is 15.9 Å². The third-order valence-corrected chi connectivity index (χ3v) is 4.17. The molecule has 0 saturated carbocycles. The standard InChI is InChI=1S/C21H16FN3O2/c22-16-6-2-1-5-14(16)10-12-24-20(26)15-8-9-19-18(13-15)25-21(27-19)17-7-3-4-11-23-17/h1-9,11,13H,10,12H2,(H,24,26). The number of hydrogen-bond donors (Lipinski definition) is 1. The van der Waals surface area contributed by atoms with E-state index < -0.39 is 0 Å². The minimum absolute atomic E-state index is 0.240. The summed E-state index contributed by atoms with van der Waals surface area (Å²) in [6.45, 7) is 0.343. The van der Waals surface area contributed by atoms with Crippen molar-refractivity contribution in [3.05, 3.63) is 83.8 Å². The zero-order valence-corrected chi connectivity index (χ0v) is 14.4.